The number of hydrogen-bond acceptors (Lipinski definition) is 4. The largest absolute Gasteiger partial charge is 0.494 e. The summed E-state index contributed by atoms with van der Waals surface area (Å²) >= 11 is 0. The van der Waals surface area contributed by atoms with Crippen molar-refractivity contribution in [3.8, 4) is 5.75 Å². The van der Waals surface area contributed by atoms with Crippen molar-refractivity contribution < 1.29 is 14.3 Å². The first-order valence-corrected chi connectivity index (χ1v) is 8.33. The van der Waals surface area contributed by atoms with Gasteiger partial charge in [-0.3, -0.25) is 9.13 Å². The lowest BCUT2D eigenvalue weighted by Crippen LogP contribution is -2.39. The molecule has 1 aromatic carbocycles. The summed E-state index contributed by atoms with van der Waals surface area (Å²) in [6.45, 7) is 3.80. The van der Waals surface area contributed by atoms with E-state index in [1.54, 1.807) is 47.4 Å². The maximum absolute atomic E-state index is 12.7. The molecule has 0 spiro atoms. The summed E-state index contributed by atoms with van der Waals surface area (Å²) in [6, 6.07) is 3.34. The quantitative estimate of drug-likeness (QED) is 0.893. The number of benzene rings is 1. The number of carbonyl (C=O) groups is 1. The molecule has 8 nitrogen and oxygen atoms in total. The molecule has 1 saturated heterocycles. The Hall–Kier alpha value is -2.48. The van der Waals surface area contributed by atoms with Gasteiger partial charge in [-0.1, -0.05) is 0 Å². The third-order valence-electron chi connectivity index (χ3n) is 4.57. The van der Waals surface area contributed by atoms with Gasteiger partial charge in [0, 0.05) is 39.9 Å². The number of hydrogen-bond donors (Lipinski definition) is 1. The molecular formula is C17H24N4O4. The molecule has 136 valence electrons. The molecule has 8 heteroatoms. The Morgan fingerprint density at radius 2 is 1.96 bits per heavy atom. The number of carbonyl (C=O) groups excluding carboxylic acids is 1. The maximum Gasteiger partial charge on any atom is 0.328 e. The zero-order chi connectivity index (χ0) is 18.1. The van der Waals surface area contributed by atoms with Crippen LogP contribution in [-0.2, 0) is 18.8 Å². The number of rotatable bonds is 2. The molecule has 25 heavy (non-hydrogen) atoms. The number of aromatic nitrogens is 2. The van der Waals surface area contributed by atoms with Gasteiger partial charge in [0.05, 0.1) is 29.9 Å². The molecular weight excluding hydrogens is 324 g/mol. The molecule has 1 N–H and O–H groups in total. The fraction of sp³-hybridized carbons (Fsp3) is 0.529. The van der Waals surface area contributed by atoms with Crippen LogP contribution in [0, 0.1) is 0 Å². The lowest BCUT2D eigenvalue weighted by atomic mass is 10.2. The van der Waals surface area contributed by atoms with E-state index < -0.39 is 0 Å². The molecule has 0 aliphatic carbocycles. The van der Waals surface area contributed by atoms with Crippen LogP contribution in [0.25, 0.3) is 11.0 Å². The summed E-state index contributed by atoms with van der Waals surface area (Å²) in [6.07, 6.45) is 0.814. The summed E-state index contributed by atoms with van der Waals surface area (Å²) in [5.74, 6) is 0.515. The van der Waals surface area contributed by atoms with Gasteiger partial charge in [-0.2, -0.15) is 0 Å². The SMILES string of the molecule is COc1cc2c(cc1NC(=O)N1CCCO[C@H](C)C1)n(C)c(=O)n2C. The van der Waals surface area contributed by atoms with Crippen molar-refractivity contribution in [2.24, 2.45) is 14.1 Å². The third-order valence-corrected chi connectivity index (χ3v) is 4.57. The highest BCUT2D eigenvalue weighted by atomic mass is 16.5. The monoisotopic (exact) mass is 348 g/mol. The molecule has 1 atom stereocenters. The molecule has 0 radical (unpaired) electrons. The normalized spacial score (nSPS) is 18.2. The van der Waals surface area contributed by atoms with Crippen LogP contribution in [0.5, 0.6) is 5.75 Å². The molecule has 1 aliphatic rings. The molecule has 3 rings (SSSR count). The number of ether oxygens (including phenoxy) is 2. The maximum atomic E-state index is 12.7. The number of imidazole rings is 1. The second-order valence-electron chi connectivity index (χ2n) is 6.35. The molecule has 2 aromatic rings. The molecule has 0 unspecified atom stereocenters. The number of methoxy groups -OCH3 is 1. The van der Waals surface area contributed by atoms with Gasteiger partial charge >= 0.3 is 11.7 Å². The van der Waals surface area contributed by atoms with Gasteiger partial charge in [-0.15, -0.1) is 0 Å². The fourth-order valence-electron chi connectivity index (χ4n) is 3.17. The Morgan fingerprint density at radius 1 is 1.28 bits per heavy atom. The van der Waals surface area contributed by atoms with Crippen LogP contribution in [-0.4, -0.2) is 53.0 Å². The number of fused-ring (bicyclic) bond motifs is 1. The van der Waals surface area contributed by atoms with Crippen molar-refractivity contribution in [3.63, 3.8) is 0 Å². The van der Waals surface area contributed by atoms with Crippen molar-refractivity contribution in [2.45, 2.75) is 19.4 Å². The van der Waals surface area contributed by atoms with E-state index in [9.17, 15) is 9.59 Å². The number of amides is 2. The van der Waals surface area contributed by atoms with Crippen LogP contribution < -0.4 is 15.7 Å². The highest BCUT2D eigenvalue weighted by Crippen LogP contribution is 2.30. The lowest BCUT2D eigenvalue weighted by molar-refractivity contribution is 0.0718. The van der Waals surface area contributed by atoms with Gasteiger partial charge in [0.15, 0.2) is 0 Å². The minimum absolute atomic E-state index is 0.00701. The van der Waals surface area contributed by atoms with Crippen molar-refractivity contribution in [1.29, 1.82) is 0 Å². The summed E-state index contributed by atoms with van der Waals surface area (Å²) in [5.41, 5.74) is 1.90. The molecule has 0 bridgehead atoms. The number of nitrogens with one attached hydrogen (secondary N) is 1. The van der Waals surface area contributed by atoms with E-state index >= 15 is 0 Å². The van der Waals surface area contributed by atoms with Gasteiger partial charge < -0.3 is 19.7 Å². The van der Waals surface area contributed by atoms with Gasteiger partial charge in [0.2, 0.25) is 0 Å². The van der Waals surface area contributed by atoms with Crippen molar-refractivity contribution in [3.05, 3.63) is 22.6 Å². The van der Waals surface area contributed by atoms with E-state index in [-0.39, 0.29) is 17.8 Å². The predicted octanol–water partition coefficient (Wildman–Crippen LogP) is 1.53. The van der Waals surface area contributed by atoms with Crippen LogP contribution in [0.2, 0.25) is 0 Å². The van der Waals surface area contributed by atoms with Gasteiger partial charge in [0.25, 0.3) is 0 Å². The third kappa shape index (κ3) is 3.21. The molecule has 1 aliphatic heterocycles. The second-order valence-corrected chi connectivity index (χ2v) is 6.35. The summed E-state index contributed by atoms with van der Waals surface area (Å²) < 4.78 is 14.1. The van der Waals surface area contributed by atoms with E-state index in [2.05, 4.69) is 5.32 Å². The number of aryl methyl sites for hydroxylation is 2. The van der Waals surface area contributed by atoms with E-state index in [4.69, 9.17) is 9.47 Å². The standard InChI is InChI=1S/C17H24N4O4/c1-11-10-21(6-5-7-25-11)16(22)18-12-8-13-14(9-15(12)24-4)20(3)17(23)19(13)2/h8-9,11H,5-7,10H2,1-4H3,(H,18,22)/t11-/m1/s1. The molecule has 1 aromatic heterocycles. The minimum Gasteiger partial charge on any atom is -0.494 e. The summed E-state index contributed by atoms with van der Waals surface area (Å²) in [5, 5.41) is 2.91. The highest BCUT2D eigenvalue weighted by molar-refractivity contribution is 5.94. The highest BCUT2D eigenvalue weighted by Gasteiger charge is 2.21. The Balaban J connectivity index is 1.93. The van der Waals surface area contributed by atoms with Gasteiger partial charge in [-0.05, 0) is 19.4 Å². The topological polar surface area (TPSA) is 77.7 Å². The smallest absolute Gasteiger partial charge is 0.328 e. The van der Waals surface area contributed by atoms with E-state index in [1.165, 1.54) is 0 Å². The first-order valence-electron chi connectivity index (χ1n) is 8.33. The Morgan fingerprint density at radius 3 is 2.64 bits per heavy atom. The molecule has 2 heterocycles. The van der Waals surface area contributed by atoms with Gasteiger partial charge in [-0.25, -0.2) is 9.59 Å². The van der Waals surface area contributed by atoms with E-state index in [1.807, 2.05) is 6.92 Å². The summed E-state index contributed by atoms with van der Waals surface area (Å²) in [7, 11) is 4.96. The number of nitrogens with zero attached hydrogens (tertiary/aromatic N) is 3. The Bertz CT molecular complexity index is 854. The zero-order valence-corrected chi connectivity index (χ0v) is 15.0. The molecule has 1 fully saturated rings. The van der Waals surface area contributed by atoms with Crippen molar-refractivity contribution >= 4 is 22.8 Å². The van der Waals surface area contributed by atoms with E-state index in [0.29, 0.717) is 31.1 Å². The predicted molar refractivity (Wildman–Crippen MR) is 95.3 cm³/mol. The van der Waals surface area contributed by atoms with Crippen molar-refractivity contribution in [1.82, 2.24) is 14.0 Å². The fourth-order valence-corrected chi connectivity index (χ4v) is 3.17. The number of urea groups is 1. The Kier molecular flexibility index (Phi) is 4.71. The molecule has 2 amide bonds. The van der Waals surface area contributed by atoms with Gasteiger partial charge in [0.1, 0.15) is 5.75 Å². The van der Waals surface area contributed by atoms with E-state index in [0.717, 1.165) is 17.5 Å². The first kappa shape index (κ1) is 17.3. The van der Waals surface area contributed by atoms with Crippen LogP contribution in [0.1, 0.15) is 13.3 Å². The lowest BCUT2D eigenvalue weighted by Gasteiger charge is -2.23. The van der Waals surface area contributed by atoms with Crippen molar-refractivity contribution in [2.75, 3.05) is 32.1 Å². The van der Waals surface area contributed by atoms with Crippen LogP contribution in [0.4, 0.5) is 10.5 Å². The first-order chi connectivity index (χ1) is 11.9. The number of anilines is 1. The Labute approximate surface area is 145 Å². The summed E-state index contributed by atoms with van der Waals surface area (Å²) in [4.78, 5) is 26.5. The molecule has 0 saturated carbocycles. The van der Waals surface area contributed by atoms with Crippen LogP contribution in [0.15, 0.2) is 16.9 Å². The average molecular weight is 348 g/mol. The second kappa shape index (κ2) is 6.79. The van der Waals surface area contributed by atoms with Crippen LogP contribution in [0.3, 0.4) is 0 Å². The average Bonchev–Trinajstić information content (AvgIpc) is 2.77. The minimum atomic E-state index is -0.198. The van der Waals surface area contributed by atoms with Crippen LogP contribution >= 0.6 is 0 Å². The zero-order valence-electron chi connectivity index (χ0n) is 15.0.